The lowest BCUT2D eigenvalue weighted by Gasteiger charge is -2.33. The molecule has 1 fully saturated rings. The monoisotopic (exact) mass is 237 g/mol. The topological polar surface area (TPSA) is 87.3 Å². The van der Waals surface area contributed by atoms with Crippen LogP contribution in [-0.4, -0.2) is 58.3 Å². The van der Waals surface area contributed by atoms with Gasteiger partial charge in [-0.15, -0.1) is 0 Å². The summed E-state index contributed by atoms with van der Waals surface area (Å²) in [4.78, 5) is 10.4. The third kappa shape index (κ3) is 3.62. The molecule has 0 saturated carbocycles. The summed E-state index contributed by atoms with van der Waals surface area (Å²) in [6, 6.07) is 1.71. The lowest BCUT2D eigenvalue weighted by atomic mass is 10.0. The minimum absolute atomic E-state index is 0.0725. The Balaban J connectivity index is 1.69. The molecule has 0 aromatic carbocycles. The first kappa shape index (κ1) is 12.2. The number of hydrogen-bond donors (Lipinski definition) is 3. The summed E-state index contributed by atoms with van der Waals surface area (Å²) in [5.74, 6) is 0.641. The van der Waals surface area contributed by atoms with Crippen molar-refractivity contribution in [3.05, 3.63) is 18.5 Å². The minimum Gasteiger partial charge on any atom is -0.390 e. The molecule has 2 atom stereocenters. The molecule has 0 spiro atoms. The number of likely N-dealkylation sites (tertiary alicyclic amines) is 1. The SMILES string of the molecule is N[C@@H]1CCN(CCNc2ncccn2)C[C@H]1O. The van der Waals surface area contributed by atoms with E-state index in [0.717, 1.165) is 26.1 Å². The molecule has 17 heavy (non-hydrogen) atoms. The van der Waals surface area contributed by atoms with Gasteiger partial charge in [0.15, 0.2) is 0 Å². The number of anilines is 1. The quantitative estimate of drug-likeness (QED) is 0.641. The standard InChI is InChI=1S/C11H19N5O/c12-9-2-6-16(8-10(9)17)7-5-15-11-13-3-1-4-14-11/h1,3-4,9-10,17H,2,5-8,12H2,(H,13,14,15)/t9-,10-/m1/s1. The van der Waals surface area contributed by atoms with Crippen molar-refractivity contribution in [2.45, 2.75) is 18.6 Å². The highest BCUT2D eigenvalue weighted by atomic mass is 16.3. The largest absolute Gasteiger partial charge is 0.390 e. The Kier molecular flexibility index (Phi) is 4.24. The van der Waals surface area contributed by atoms with Gasteiger partial charge in [-0.05, 0) is 19.0 Å². The number of aliphatic hydroxyl groups excluding tert-OH is 1. The van der Waals surface area contributed by atoms with Gasteiger partial charge < -0.3 is 16.2 Å². The summed E-state index contributed by atoms with van der Waals surface area (Å²) in [5, 5.41) is 12.8. The van der Waals surface area contributed by atoms with E-state index in [0.29, 0.717) is 12.5 Å². The lowest BCUT2D eigenvalue weighted by molar-refractivity contribution is 0.0556. The van der Waals surface area contributed by atoms with Gasteiger partial charge in [0.2, 0.25) is 5.95 Å². The smallest absolute Gasteiger partial charge is 0.222 e. The maximum Gasteiger partial charge on any atom is 0.222 e. The zero-order chi connectivity index (χ0) is 12.1. The van der Waals surface area contributed by atoms with Gasteiger partial charge in [-0.3, -0.25) is 4.90 Å². The molecule has 0 aliphatic carbocycles. The highest BCUT2D eigenvalue weighted by molar-refractivity contribution is 5.21. The fourth-order valence-electron chi connectivity index (χ4n) is 1.93. The highest BCUT2D eigenvalue weighted by Gasteiger charge is 2.23. The van der Waals surface area contributed by atoms with E-state index in [2.05, 4.69) is 20.2 Å². The molecule has 0 unspecified atom stereocenters. The predicted octanol–water partition coefficient (Wildman–Crippen LogP) is -0.718. The zero-order valence-corrected chi connectivity index (χ0v) is 9.79. The second-order valence-electron chi connectivity index (χ2n) is 4.32. The molecule has 4 N–H and O–H groups in total. The Morgan fingerprint density at radius 2 is 2.24 bits per heavy atom. The van der Waals surface area contributed by atoms with Crippen LogP contribution in [0.1, 0.15) is 6.42 Å². The summed E-state index contributed by atoms with van der Waals surface area (Å²) in [6.45, 7) is 3.22. The van der Waals surface area contributed by atoms with Gasteiger partial charge >= 0.3 is 0 Å². The fourth-order valence-corrected chi connectivity index (χ4v) is 1.93. The van der Waals surface area contributed by atoms with E-state index in [-0.39, 0.29) is 6.04 Å². The summed E-state index contributed by atoms with van der Waals surface area (Å²) in [7, 11) is 0. The van der Waals surface area contributed by atoms with Crippen molar-refractivity contribution >= 4 is 5.95 Å². The Labute approximate surface area is 101 Å². The molecule has 0 bridgehead atoms. The second kappa shape index (κ2) is 5.90. The summed E-state index contributed by atoms with van der Waals surface area (Å²) >= 11 is 0. The minimum atomic E-state index is -0.406. The molecule has 1 aliphatic rings. The van der Waals surface area contributed by atoms with Crippen LogP contribution in [0.25, 0.3) is 0 Å². The van der Waals surface area contributed by atoms with Crippen molar-refractivity contribution in [2.24, 2.45) is 5.73 Å². The highest BCUT2D eigenvalue weighted by Crippen LogP contribution is 2.08. The van der Waals surface area contributed by atoms with Gasteiger partial charge in [0.1, 0.15) is 0 Å². The van der Waals surface area contributed by atoms with Gasteiger partial charge in [-0.25, -0.2) is 9.97 Å². The first-order valence-electron chi connectivity index (χ1n) is 5.92. The molecule has 2 heterocycles. The van der Waals surface area contributed by atoms with E-state index >= 15 is 0 Å². The van der Waals surface area contributed by atoms with Crippen molar-refractivity contribution in [1.82, 2.24) is 14.9 Å². The molecule has 2 rings (SSSR count). The van der Waals surface area contributed by atoms with E-state index in [1.54, 1.807) is 18.5 Å². The zero-order valence-electron chi connectivity index (χ0n) is 9.79. The first-order chi connectivity index (χ1) is 8.25. The Morgan fingerprint density at radius 3 is 2.94 bits per heavy atom. The predicted molar refractivity (Wildman–Crippen MR) is 65.6 cm³/mol. The van der Waals surface area contributed by atoms with Gasteiger partial charge in [0.25, 0.3) is 0 Å². The van der Waals surface area contributed by atoms with Gasteiger partial charge in [-0.1, -0.05) is 0 Å². The number of hydrogen-bond acceptors (Lipinski definition) is 6. The van der Waals surface area contributed by atoms with Crippen LogP contribution in [0.4, 0.5) is 5.95 Å². The first-order valence-corrected chi connectivity index (χ1v) is 5.92. The molecule has 6 heteroatoms. The van der Waals surface area contributed by atoms with Crippen LogP contribution in [0.3, 0.4) is 0 Å². The average molecular weight is 237 g/mol. The van der Waals surface area contributed by atoms with Crippen LogP contribution in [0, 0.1) is 0 Å². The third-order valence-electron chi connectivity index (χ3n) is 3.00. The van der Waals surface area contributed by atoms with Crippen molar-refractivity contribution in [1.29, 1.82) is 0 Å². The number of piperidine rings is 1. The maximum atomic E-state index is 9.65. The van der Waals surface area contributed by atoms with Gasteiger partial charge in [0.05, 0.1) is 6.10 Å². The summed E-state index contributed by atoms with van der Waals surface area (Å²) < 4.78 is 0. The van der Waals surface area contributed by atoms with Crippen LogP contribution < -0.4 is 11.1 Å². The second-order valence-corrected chi connectivity index (χ2v) is 4.32. The molecule has 1 aromatic rings. The van der Waals surface area contributed by atoms with Crippen LogP contribution in [0.15, 0.2) is 18.5 Å². The number of aromatic nitrogens is 2. The normalized spacial score (nSPS) is 25.8. The molecule has 6 nitrogen and oxygen atoms in total. The Bertz CT molecular complexity index is 334. The van der Waals surface area contributed by atoms with E-state index in [4.69, 9.17) is 5.73 Å². The number of nitrogens with one attached hydrogen (secondary N) is 1. The Morgan fingerprint density at radius 1 is 1.47 bits per heavy atom. The molecule has 94 valence electrons. The third-order valence-corrected chi connectivity index (χ3v) is 3.00. The van der Waals surface area contributed by atoms with Crippen LogP contribution >= 0.6 is 0 Å². The molecular formula is C11H19N5O. The molecule has 1 saturated heterocycles. The maximum absolute atomic E-state index is 9.65. The number of rotatable bonds is 4. The van der Waals surface area contributed by atoms with E-state index in [1.807, 2.05) is 0 Å². The molecule has 1 aliphatic heterocycles. The van der Waals surface area contributed by atoms with Crippen LogP contribution in [-0.2, 0) is 0 Å². The number of β-amino-alcohol motifs (C(OH)–C–C–N with tert-alkyl or cyclic N) is 1. The van der Waals surface area contributed by atoms with E-state index in [9.17, 15) is 5.11 Å². The van der Waals surface area contributed by atoms with Crippen LogP contribution in [0.2, 0.25) is 0 Å². The fraction of sp³-hybridized carbons (Fsp3) is 0.636. The lowest BCUT2D eigenvalue weighted by Crippen LogP contribution is -2.51. The molecule has 0 radical (unpaired) electrons. The van der Waals surface area contributed by atoms with E-state index < -0.39 is 6.10 Å². The van der Waals surface area contributed by atoms with Crippen molar-refractivity contribution in [3.63, 3.8) is 0 Å². The van der Waals surface area contributed by atoms with Gasteiger partial charge in [0, 0.05) is 38.1 Å². The Hall–Kier alpha value is -1.24. The summed E-state index contributed by atoms with van der Waals surface area (Å²) in [5.41, 5.74) is 5.75. The molecular weight excluding hydrogens is 218 g/mol. The summed E-state index contributed by atoms with van der Waals surface area (Å²) in [6.07, 6.45) is 3.86. The van der Waals surface area contributed by atoms with Gasteiger partial charge in [-0.2, -0.15) is 0 Å². The molecule has 1 aromatic heterocycles. The van der Waals surface area contributed by atoms with Crippen molar-refractivity contribution in [3.8, 4) is 0 Å². The number of nitrogens with zero attached hydrogens (tertiary/aromatic N) is 3. The number of aliphatic hydroxyl groups is 1. The number of nitrogens with two attached hydrogens (primary N) is 1. The average Bonchev–Trinajstić information content (AvgIpc) is 2.35. The van der Waals surface area contributed by atoms with Crippen LogP contribution in [0.5, 0.6) is 0 Å². The molecule has 0 amide bonds. The van der Waals surface area contributed by atoms with Crippen molar-refractivity contribution in [2.75, 3.05) is 31.5 Å². The van der Waals surface area contributed by atoms with E-state index in [1.165, 1.54) is 0 Å². The van der Waals surface area contributed by atoms with Crippen molar-refractivity contribution < 1.29 is 5.11 Å².